The van der Waals surface area contributed by atoms with E-state index in [2.05, 4.69) is 0 Å². The number of carbonyl (C=O) groups is 2. The summed E-state index contributed by atoms with van der Waals surface area (Å²) >= 11 is 0. The third-order valence-corrected chi connectivity index (χ3v) is 3.68. The van der Waals surface area contributed by atoms with Gasteiger partial charge in [0, 0.05) is 0 Å². The summed E-state index contributed by atoms with van der Waals surface area (Å²) in [5, 5.41) is 0. The van der Waals surface area contributed by atoms with Crippen molar-refractivity contribution in [2.45, 2.75) is 13.8 Å². The zero-order chi connectivity index (χ0) is 13.1. The number of sulfone groups is 1. The van der Waals surface area contributed by atoms with E-state index in [9.17, 15) is 18.0 Å². The summed E-state index contributed by atoms with van der Waals surface area (Å²) in [6.45, 7) is 3.43. The fourth-order valence-corrected chi connectivity index (χ4v) is 2.68. The van der Waals surface area contributed by atoms with E-state index in [1.165, 1.54) is 0 Å². The van der Waals surface area contributed by atoms with Crippen LogP contribution < -0.4 is 0 Å². The minimum atomic E-state index is -3.15. The van der Waals surface area contributed by atoms with Crippen molar-refractivity contribution in [2.75, 3.05) is 24.7 Å². The summed E-state index contributed by atoms with van der Waals surface area (Å²) in [7, 11) is -3.15. The van der Waals surface area contributed by atoms with Crippen molar-refractivity contribution in [1.82, 2.24) is 0 Å². The molecule has 1 rings (SSSR count). The van der Waals surface area contributed by atoms with Crippen LogP contribution in [-0.2, 0) is 28.9 Å². The minimum absolute atomic E-state index is 0.113. The molecule has 0 aromatic heterocycles. The predicted molar refractivity (Wildman–Crippen MR) is 58.9 cm³/mol. The number of rotatable bonds is 4. The van der Waals surface area contributed by atoms with E-state index in [4.69, 9.17) is 9.47 Å². The number of hydrogen-bond donors (Lipinski definition) is 0. The van der Waals surface area contributed by atoms with Gasteiger partial charge in [-0.05, 0) is 19.4 Å². The molecule has 17 heavy (non-hydrogen) atoms. The SMILES string of the molecule is CCOC(=O)C(C(=O)OCC)=C1CS(=O)(=O)C1. The van der Waals surface area contributed by atoms with Crippen LogP contribution in [0.5, 0.6) is 0 Å². The fraction of sp³-hybridized carbons (Fsp3) is 0.600. The van der Waals surface area contributed by atoms with Gasteiger partial charge in [0.2, 0.25) is 0 Å². The van der Waals surface area contributed by atoms with Crippen molar-refractivity contribution in [3.05, 3.63) is 11.1 Å². The molecule has 0 aliphatic carbocycles. The monoisotopic (exact) mass is 262 g/mol. The Kier molecular flexibility index (Phi) is 4.28. The molecular weight excluding hydrogens is 248 g/mol. The van der Waals surface area contributed by atoms with Crippen molar-refractivity contribution < 1.29 is 27.5 Å². The van der Waals surface area contributed by atoms with Gasteiger partial charge in [-0.3, -0.25) is 0 Å². The minimum Gasteiger partial charge on any atom is -0.462 e. The second-order valence-electron chi connectivity index (χ2n) is 3.45. The summed E-state index contributed by atoms with van der Waals surface area (Å²) in [5.41, 5.74) is -0.00887. The topological polar surface area (TPSA) is 86.7 Å². The second kappa shape index (κ2) is 5.31. The first kappa shape index (κ1) is 13.7. The molecular formula is C10H14O6S. The van der Waals surface area contributed by atoms with Crippen molar-refractivity contribution in [3.63, 3.8) is 0 Å². The Morgan fingerprint density at radius 2 is 1.47 bits per heavy atom. The molecule has 1 saturated heterocycles. The number of esters is 2. The third-order valence-electron chi connectivity index (χ3n) is 2.10. The lowest BCUT2D eigenvalue weighted by Gasteiger charge is -2.20. The van der Waals surface area contributed by atoms with E-state index < -0.39 is 21.8 Å². The van der Waals surface area contributed by atoms with Gasteiger partial charge in [-0.1, -0.05) is 0 Å². The van der Waals surface area contributed by atoms with Crippen LogP contribution in [0.15, 0.2) is 11.1 Å². The maximum absolute atomic E-state index is 11.5. The van der Waals surface area contributed by atoms with Crippen LogP contribution in [-0.4, -0.2) is 45.1 Å². The summed E-state index contributed by atoms with van der Waals surface area (Å²) in [5.74, 6) is -2.20. The number of carbonyl (C=O) groups excluding carboxylic acids is 2. The first-order valence-corrected chi connectivity index (χ1v) is 7.00. The molecule has 0 radical (unpaired) electrons. The molecule has 0 amide bonds. The predicted octanol–water partition coefficient (Wildman–Crippen LogP) is -0.162. The van der Waals surface area contributed by atoms with Gasteiger partial charge >= 0.3 is 11.9 Å². The maximum Gasteiger partial charge on any atom is 0.345 e. The first-order chi connectivity index (χ1) is 7.91. The Hall–Kier alpha value is -1.37. The average Bonchev–Trinajstić information content (AvgIpc) is 2.16. The van der Waals surface area contributed by atoms with Crippen molar-refractivity contribution in [3.8, 4) is 0 Å². The van der Waals surface area contributed by atoms with Gasteiger partial charge in [0.25, 0.3) is 0 Å². The lowest BCUT2D eigenvalue weighted by molar-refractivity contribution is -0.146. The van der Waals surface area contributed by atoms with Crippen LogP contribution in [0.25, 0.3) is 0 Å². The summed E-state index contributed by atoms with van der Waals surface area (Å²) < 4.78 is 31.5. The summed E-state index contributed by atoms with van der Waals surface area (Å²) in [6.07, 6.45) is 0. The van der Waals surface area contributed by atoms with Gasteiger partial charge in [-0.2, -0.15) is 0 Å². The quantitative estimate of drug-likeness (QED) is 0.303. The van der Waals surface area contributed by atoms with Gasteiger partial charge in [0.05, 0.1) is 24.7 Å². The fourth-order valence-electron chi connectivity index (χ4n) is 1.41. The van der Waals surface area contributed by atoms with Crippen LogP contribution in [0.1, 0.15) is 13.8 Å². The molecule has 0 N–H and O–H groups in total. The zero-order valence-corrected chi connectivity index (χ0v) is 10.5. The number of hydrogen-bond acceptors (Lipinski definition) is 6. The Balaban J connectivity index is 2.96. The van der Waals surface area contributed by atoms with Crippen LogP contribution in [0, 0.1) is 0 Å². The molecule has 0 aromatic carbocycles. The van der Waals surface area contributed by atoms with E-state index >= 15 is 0 Å². The van der Waals surface area contributed by atoms with E-state index in [1.807, 2.05) is 0 Å². The van der Waals surface area contributed by atoms with Crippen molar-refractivity contribution >= 4 is 21.8 Å². The van der Waals surface area contributed by atoms with Crippen LogP contribution >= 0.6 is 0 Å². The lowest BCUT2D eigenvalue weighted by Crippen LogP contribution is -2.33. The smallest absolute Gasteiger partial charge is 0.345 e. The van der Waals surface area contributed by atoms with Gasteiger partial charge in [0.1, 0.15) is 5.57 Å². The van der Waals surface area contributed by atoms with E-state index in [0.717, 1.165) is 0 Å². The Bertz CT molecular complexity index is 425. The highest BCUT2D eigenvalue weighted by molar-refractivity contribution is 7.93. The highest BCUT2D eigenvalue weighted by Crippen LogP contribution is 2.22. The largest absolute Gasteiger partial charge is 0.462 e. The molecule has 7 heteroatoms. The lowest BCUT2D eigenvalue weighted by atomic mass is 10.1. The summed E-state index contributed by atoms with van der Waals surface area (Å²) in [4.78, 5) is 23.1. The highest BCUT2D eigenvalue weighted by Gasteiger charge is 2.36. The number of ether oxygens (including phenoxy) is 2. The molecule has 0 aromatic rings. The molecule has 1 aliphatic rings. The molecule has 96 valence electrons. The van der Waals surface area contributed by atoms with E-state index in [0.29, 0.717) is 0 Å². The van der Waals surface area contributed by atoms with Gasteiger partial charge in [-0.25, -0.2) is 18.0 Å². The van der Waals surface area contributed by atoms with Crippen molar-refractivity contribution in [1.29, 1.82) is 0 Å². The Morgan fingerprint density at radius 3 is 1.76 bits per heavy atom. The van der Waals surface area contributed by atoms with Gasteiger partial charge < -0.3 is 9.47 Å². The third kappa shape index (κ3) is 3.29. The highest BCUT2D eigenvalue weighted by atomic mass is 32.2. The molecule has 0 bridgehead atoms. The van der Waals surface area contributed by atoms with E-state index in [1.54, 1.807) is 13.8 Å². The molecule has 6 nitrogen and oxygen atoms in total. The van der Waals surface area contributed by atoms with Crippen LogP contribution in [0.3, 0.4) is 0 Å². The Morgan fingerprint density at radius 1 is 1.06 bits per heavy atom. The molecule has 1 fully saturated rings. The van der Waals surface area contributed by atoms with Crippen LogP contribution in [0.2, 0.25) is 0 Å². The summed E-state index contributed by atoms with van der Waals surface area (Å²) in [6, 6.07) is 0. The standard InChI is InChI=1S/C10H14O6S/c1-3-15-9(11)8(10(12)16-4-2)7-5-17(13,14)6-7/h3-6H2,1-2H3. The van der Waals surface area contributed by atoms with Crippen molar-refractivity contribution in [2.24, 2.45) is 0 Å². The van der Waals surface area contributed by atoms with Crippen LogP contribution in [0.4, 0.5) is 0 Å². The maximum atomic E-state index is 11.5. The average molecular weight is 262 g/mol. The molecule has 0 atom stereocenters. The molecule has 0 saturated carbocycles. The zero-order valence-electron chi connectivity index (χ0n) is 9.69. The van der Waals surface area contributed by atoms with Gasteiger partial charge in [0.15, 0.2) is 9.84 Å². The van der Waals surface area contributed by atoms with Gasteiger partial charge in [-0.15, -0.1) is 0 Å². The molecule has 1 aliphatic heterocycles. The molecule has 0 unspecified atom stereocenters. The normalized spacial score (nSPS) is 16.9. The molecule has 1 heterocycles. The first-order valence-electron chi connectivity index (χ1n) is 5.18. The Labute approximate surface area is 99.5 Å². The molecule has 0 spiro atoms. The second-order valence-corrected chi connectivity index (χ2v) is 5.52. The van der Waals surface area contributed by atoms with E-state index in [-0.39, 0.29) is 35.9 Å².